The highest BCUT2D eigenvalue weighted by atomic mass is 79.9. The van der Waals surface area contributed by atoms with Crippen LogP contribution in [0.3, 0.4) is 0 Å². The van der Waals surface area contributed by atoms with Crippen LogP contribution < -0.4 is 15.2 Å². The normalized spacial score (nSPS) is 10.5. The van der Waals surface area contributed by atoms with Crippen LogP contribution in [0.15, 0.2) is 40.9 Å². The fourth-order valence-corrected chi connectivity index (χ4v) is 2.45. The quantitative estimate of drug-likeness (QED) is 0.861. The molecule has 0 atom stereocenters. The van der Waals surface area contributed by atoms with Gasteiger partial charge in [-0.2, -0.15) is 0 Å². The molecule has 0 fully saturated rings. The third kappa shape index (κ3) is 4.19. The highest BCUT2D eigenvalue weighted by Crippen LogP contribution is 2.27. The van der Waals surface area contributed by atoms with Crippen LogP contribution in [-0.2, 0) is 13.0 Å². The Labute approximate surface area is 132 Å². The summed E-state index contributed by atoms with van der Waals surface area (Å²) in [5.41, 5.74) is 7.14. The summed E-state index contributed by atoms with van der Waals surface area (Å²) < 4.78 is 25.3. The molecule has 0 aliphatic rings. The van der Waals surface area contributed by atoms with E-state index in [1.54, 1.807) is 12.1 Å². The molecule has 21 heavy (non-hydrogen) atoms. The molecular formula is C16H17BrFNO2. The lowest BCUT2D eigenvalue weighted by Crippen LogP contribution is -2.03. The number of rotatable bonds is 6. The van der Waals surface area contributed by atoms with Crippen LogP contribution in [0.2, 0.25) is 0 Å². The molecule has 0 amide bonds. The van der Waals surface area contributed by atoms with Crippen molar-refractivity contribution in [1.82, 2.24) is 0 Å². The van der Waals surface area contributed by atoms with E-state index in [1.165, 1.54) is 13.2 Å². The lowest BCUT2D eigenvalue weighted by molar-refractivity contribution is 0.297. The van der Waals surface area contributed by atoms with Gasteiger partial charge >= 0.3 is 0 Å². The average molecular weight is 354 g/mol. The summed E-state index contributed by atoms with van der Waals surface area (Å²) in [6.45, 7) is 0.758. The van der Waals surface area contributed by atoms with E-state index in [0.29, 0.717) is 23.6 Å². The minimum atomic E-state index is -0.342. The van der Waals surface area contributed by atoms with Gasteiger partial charge in [0.25, 0.3) is 0 Å². The largest absolute Gasteiger partial charge is 0.497 e. The van der Waals surface area contributed by atoms with E-state index in [-0.39, 0.29) is 12.4 Å². The van der Waals surface area contributed by atoms with Crippen LogP contribution in [-0.4, -0.2) is 13.7 Å². The van der Waals surface area contributed by atoms with Crippen molar-refractivity contribution in [3.05, 3.63) is 57.8 Å². The SMILES string of the molecule is COc1ccc(COc2ccc(CCN)cc2Br)c(F)c1. The van der Waals surface area contributed by atoms with Crippen molar-refractivity contribution >= 4 is 15.9 Å². The smallest absolute Gasteiger partial charge is 0.134 e. The molecule has 2 rings (SSSR count). The Balaban J connectivity index is 2.06. The maximum absolute atomic E-state index is 13.8. The molecule has 0 aliphatic heterocycles. The molecule has 5 heteroatoms. The van der Waals surface area contributed by atoms with Gasteiger partial charge in [-0.15, -0.1) is 0 Å². The lowest BCUT2D eigenvalue weighted by atomic mass is 10.1. The van der Waals surface area contributed by atoms with Crippen LogP contribution in [0, 0.1) is 5.82 Å². The number of halogens is 2. The minimum absolute atomic E-state index is 0.157. The molecule has 0 spiro atoms. The average Bonchev–Trinajstić information content (AvgIpc) is 2.48. The van der Waals surface area contributed by atoms with Gasteiger partial charge in [0.2, 0.25) is 0 Å². The van der Waals surface area contributed by atoms with E-state index in [1.807, 2.05) is 18.2 Å². The van der Waals surface area contributed by atoms with Crippen molar-refractivity contribution < 1.29 is 13.9 Å². The standard InChI is InChI=1S/C16H17BrFNO2/c1-20-13-4-3-12(15(18)9-13)10-21-16-5-2-11(6-7-19)8-14(16)17/h2-5,8-9H,6-7,10,19H2,1H3. The zero-order chi connectivity index (χ0) is 15.2. The van der Waals surface area contributed by atoms with Crippen LogP contribution in [0.4, 0.5) is 4.39 Å². The van der Waals surface area contributed by atoms with Crippen molar-refractivity contribution in [3.8, 4) is 11.5 Å². The van der Waals surface area contributed by atoms with Gasteiger partial charge in [0, 0.05) is 11.6 Å². The van der Waals surface area contributed by atoms with Gasteiger partial charge in [-0.1, -0.05) is 6.07 Å². The van der Waals surface area contributed by atoms with Crippen molar-refractivity contribution in [2.45, 2.75) is 13.0 Å². The molecule has 0 unspecified atom stereocenters. The summed E-state index contributed by atoms with van der Waals surface area (Å²) in [5.74, 6) is 0.819. The maximum atomic E-state index is 13.8. The van der Waals surface area contributed by atoms with Gasteiger partial charge < -0.3 is 15.2 Å². The molecule has 0 heterocycles. The summed E-state index contributed by atoms with van der Waals surface area (Å²) in [6.07, 6.45) is 0.811. The summed E-state index contributed by atoms with van der Waals surface area (Å²) in [5, 5.41) is 0. The first-order valence-electron chi connectivity index (χ1n) is 6.57. The van der Waals surface area contributed by atoms with E-state index in [0.717, 1.165) is 16.5 Å². The Bertz CT molecular complexity index is 619. The van der Waals surface area contributed by atoms with Crippen molar-refractivity contribution in [2.75, 3.05) is 13.7 Å². The summed E-state index contributed by atoms with van der Waals surface area (Å²) in [4.78, 5) is 0. The van der Waals surface area contributed by atoms with E-state index < -0.39 is 0 Å². The molecule has 112 valence electrons. The fourth-order valence-electron chi connectivity index (χ4n) is 1.91. The first kappa shape index (κ1) is 15.8. The topological polar surface area (TPSA) is 44.5 Å². The number of ether oxygens (including phenoxy) is 2. The molecule has 0 saturated heterocycles. The van der Waals surface area contributed by atoms with Gasteiger partial charge in [0.05, 0.1) is 11.6 Å². The molecule has 3 nitrogen and oxygen atoms in total. The molecule has 2 aromatic rings. The molecule has 0 aromatic heterocycles. The monoisotopic (exact) mass is 353 g/mol. The van der Waals surface area contributed by atoms with Crippen LogP contribution >= 0.6 is 15.9 Å². The fraction of sp³-hybridized carbons (Fsp3) is 0.250. The Morgan fingerprint density at radius 2 is 2.00 bits per heavy atom. The highest BCUT2D eigenvalue weighted by Gasteiger charge is 2.07. The zero-order valence-corrected chi connectivity index (χ0v) is 13.3. The van der Waals surface area contributed by atoms with E-state index >= 15 is 0 Å². The van der Waals surface area contributed by atoms with Crippen LogP contribution in [0.25, 0.3) is 0 Å². The summed E-state index contributed by atoms with van der Waals surface area (Å²) in [6, 6.07) is 10.5. The minimum Gasteiger partial charge on any atom is -0.497 e. The number of nitrogens with two attached hydrogens (primary N) is 1. The lowest BCUT2D eigenvalue weighted by Gasteiger charge is -2.11. The Hall–Kier alpha value is -1.59. The second kappa shape index (κ2) is 7.43. The van der Waals surface area contributed by atoms with E-state index in [4.69, 9.17) is 15.2 Å². The Morgan fingerprint density at radius 1 is 1.19 bits per heavy atom. The highest BCUT2D eigenvalue weighted by molar-refractivity contribution is 9.10. The van der Waals surface area contributed by atoms with Crippen molar-refractivity contribution in [1.29, 1.82) is 0 Å². The number of hydrogen-bond donors (Lipinski definition) is 1. The van der Waals surface area contributed by atoms with Gasteiger partial charge in [-0.3, -0.25) is 0 Å². The number of methoxy groups -OCH3 is 1. The predicted octanol–water partition coefficient (Wildman–Crippen LogP) is 3.68. The molecule has 0 radical (unpaired) electrons. The second-order valence-electron chi connectivity index (χ2n) is 4.55. The third-order valence-electron chi connectivity index (χ3n) is 3.07. The maximum Gasteiger partial charge on any atom is 0.134 e. The number of hydrogen-bond acceptors (Lipinski definition) is 3. The van der Waals surface area contributed by atoms with E-state index in [9.17, 15) is 4.39 Å². The van der Waals surface area contributed by atoms with E-state index in [2.05, 4.69) is 15.9 Å². The van der Waals surface area contributed by atoms with Crippen molar-refractivity contribution in [3.63, 3.8) is 0 Å². The number of benzene rings is 2. The molecule has 2 aromatic carbocycles. The van der Waals surface area contributed by atoms with Gasteiger partial charge in [0.15, 0.2) is 0 Å². The molecule has 0 aliphatic carbocycles. The summed E-state index contributed by atoms with van der Waals surface area (Å²) >= 11 is 3.45. The summed E-state index contributed by atoms with van der Waals surface area (Å²) in [7, 11) is 1.50. The molecular weight excluding hydrogens is 337 g/mol. The second-order valence-corrected chi connectivity index (χ2v) is 5.40. The van der Waals surface area contributed by atoms with Crippen LogP contribution in [0.1, 0.15) is 11.1 Å². The third-order valence-corrected chi connectivity index (χ3v) is 3.69. The first-order valence-corrected chi connectivity index (χ1v) is 7.37. The molecule has 0 saturated carbocycles. The molecule has 2 N–H and O–H groups in total. The Morgan fingerprint density at radius 3 is 2.62 bits per heavy atom. The van der Waals surface area contributed by atoms with Gasteiger partial charge in [-0.25, -0.2) is 4.39 Å². The van der Waals surface area contributed by atoms with Gasteiger partial charge in [-0.05, 0) is 58.7 Å². The molecule has 0 bridgehead atoms. The van der Waals surface area contributed by atoms with Crippen molar-refractivity contribution in [2.24, 2.45) is 5.73 Å². The van der Waals surface area contributed by atoms with Crippen LogP contribution in [0.5, 0.6) is 11.5 Å². The predicted molar refractivity (Wildman–Crippen MR) is 84.2 cm³/mol. The van der Waals surface area contributed by atoms with Gasteiger partial charge in [0.1, 0.15) is 23.9 Å². The zero-order valence-electron chi connectivity index (χ0n) is 11.7. The first-order chi connectivity index (χ1) is 10.1. The Kier molecular flexibility index (Phi) is 5.59.